The summed E-state index contributed by atoms with van der Waals surface area (Å²) in [6, 6.07) is 7.87. The van der Waals surface area contributed by atoms with E-state index < -0.39 is 10.0 Å². The third-order valence-corrected chi connectivity index (χ3v) is 5.90. The lowest BCUT2D eigenvalue weighted by Gasteiger charge is -2.11. The summed E-state index contributed by atoms with van der Waals surface area (Å²) < 4.78 is 27.3. The number of carbonyl (C=O) groups excluding carboxylic acids is 1. The summed E-state index contributed by atoms with van der Waals surface area (Å²) >= 11 is 0. The van der Waals surface area contributed by atoms with Gasteiger partial charge < -0.3 is 9.88 Å². The molecule has 0 radical (unpaired) electrons. The highest BCUT2D eigenvalue weighted by Gasteiger charge is 2.18. The second kappa shape index (κ2) is 10.2. The molecule has 1 aromatic carbocycles. The Morgan fingerprint density at radius 2 is 1.87 bits per heavy atom. The van der Waals surface area contributed by atoms with E-state index in [1.54, 1.807) is 0 Å². The van der Waals surface area contributed by atoms with Crippen LogP contribution in [-0.4, -0.2) is 41.7 Å². The molecule has 0 aliphatic carbocycles. The monoisotopic (exact) mass is 445 g/mol. The lowest BCUT2D eigenvalue weighted by Crippen LogP contribution is -2.23. The number of benzene rings is 1. The zero-order valence-electron chi connectivity index (χ0n) is 18.4. The Balaban J connectivity index is 1.96. The number of fused-ring (bicyclic) bond motifs is 3. The molecule has 0 unspecified atom stereocenters. The van der Waals surface area contributed by atoms with E-state index in [0.717, 1.165) is 54.3 Å². The number of nitrogens with zero attached hydrogens (tertiary/aromatic N) is 3. The summed E-state index contributed by atoms with van der Waals surface area (Å²) in [5.41, 5.74) is 2.47. The molecule has 8 nitrogen and oxygen atoms in total. The van der Waals surface area contributed by atoms with E-state index in [1.807, 2.05) is 24.3 Å². The summed E-state index contributed by atoms with van der Waals surface area (Å²) in [6.45, 7) is 5.23. The Morgan fingerprint density at radius 3 is 2.58 bits per heavy atom. The maximum absolute atomic E-state index is 12.4. The average Bonchev–Trinajstić information content (AvgIpc) is 3.10. The Hall–Kier alpha value is -2.52. The zero-order chi connectivity index (χ0) is 22.4. The summed E-state index contributed by atoms with van der Waals surface area (Å²) in [6.07, 6.45) is 5.68. The molecule has 0 fully saturated rings. The first-order chi connectivity index (χ1) is 14.8. The van der Waals surface area contributed by atoms with Gasteiger partial charge in [0.1, 0.15) is 11.3 Å². The lowest BCUT2D eigenvalue weighted by molar-refractivity contribution is -0.116. The van der Waals surface area contributed by atoms with Crippen molar-refractivity contribution in [1.29, 1.82) is 0 Å². The minimum absolute atomic E-state index is 0.0506. The molecule has 0 aliphatic rings. The van der Waals surface area contributed by atoms with Crippen LogP contribution in [0.3, 0.4) is 0 Å². The molecule has 31 heavy (non-hydrogen) atoms. The van der Waals surface area contributed by atoms with E-state index >= 15 is 0 Å². The van der Waals surface area contributed by atoms with Crippen LogP contribution < -0.4 is 10.0 Å². The Kier molecular flexibility index (Phi) is 7.61. The van der Waals surface area contributed by atoms with Crippen molar-refractivity contribution in [2.24, 2.45) is 0 Å². The van der Waals surface area contributed by atoms with Crippen LogP contribution in [0.15, 0.2) is 24.3 Å². The maximum Gasteiger partial charge on any atom is 0.225 e. The number of hydrogen-bond acceptors (Lipinski definition) is 5. The number of unbranched alkanes of at least 4 members (excludes halogenated alkanes) is 2. The van der Waals surface area contributed by atoms with Gasteiger partial charge in [0.15, 0.2) is 5.82 Å². The van der Waals surface area contributed by atoms with E-state index in [1.165, 1.54) is 6.26 Å². The third-order valence-electron chi connectivity index (χ3n) is 5.17. The molecule has 9 heteroatoms. The summed E-state index contributed by atoms with van der Waals surface area (Å²) in [7, 11) is -3.18. The minimum Gasteiger partial charge on any atom is -0.327 e. The molecule has 0 bridgehead atoms. The molecule has 0 spiro atoms. The van der Waals surface area contributed by atoms with Crippen LogP contribution in [0.4, 0.5) is 5.82 Å². The number of amides is 1. The molecule has 1 amide bonds. The number of anilines is 1. The second-order valence-electron chi connectivity index (χ2n) is 7.73. The van der Waals surface area contributed by atoms with Crippen molar-refractivity contribution in [3.8, 4) is 0 Å². The molecule has 2 heterocycles. The van der Waals surface area contributed by atoms with Gasteiger partial charge in [0.25, 0.3) is 0 Å². The van der Waals surface area contributed by atoms with Gasteiger partial charge in [-0.15, -0.1) is 0 Å². The number of rotatable bonds is 11. The van der Waals surface area contributed by atoms with Gasteiger partial charge in [0, 0.05) is 31.3 Å². The molecule has 3 rings (SSSR count). The summed E-state index contributed by atoms with van der Waals surface area (Å²) in [5, 5.41) is 3.96. The standard InChI is InChI=1S/C22H31N5O3S/c1-4-6-13-19(28)26-22-20-21(16-11-7-8-12-17(16)24-22)27(18(5-2)25-20)15-10-9-14-23-31(3,29)30/h7-8,11-12,23H,4-6,9-10,13-15H2,1-3H3,(H,24,26,28). The first-order valence-corrected chi connectivity index (χ1v) is 12.8. The van der Waals surface area contributed by atoms with Gasteiger partial charge in [0.2, 0.25) is 15.9 Å². The van der Waals surface area contributed by atoms with Crippen molar-refractivity contribution < 1.29 is 13.2 Å². The van der Waals surface area contributed by atoms with E-state index in [-0.39, 0.29) is 5.91 Å². The Bertz CT molecular complexity index is 1170. The van der Waals surface area contributed by atoms with Crippen molar-refractivity contribution in [3.05, 3.63) is 30.1 Å². The summed E-state index contributed by atoms with van der Waals surface area (Å²) in [4.78, 5) is 21.9. The van der Waals surface area contributed by atoms with Gasteiger partial charge in [-0.05, 0) is 25.3 Å². The van der Waals surface area contributed by atoms with Crippen LogP contribution in [0.2, 0.25) is 0 Å². The van der Waals surface area contributed by atoms with E-state index in [0.29, 0.717) is 30.8 Å². The molecule has 0 saturated carbocycles. The van der Waals surface area contributed by atoms with Crippen LogP contribution >= 0.6 is 0 Å². The molecular formula is C22H31N5O3S. The Labute approximate surface area is 183 Å². The number of carbonyl (C=O) groups is 1. The molecule has 0 aliphatic heterocycles. The summed E-state index contributed by atoms with van der Waals surface area (Å²) in [5.74, 6) is 1.38. The fourth-order valence-corrected chi connectivity index (χ4v) is 4.18. The van der Waals surface area contributed by atoms with E-state index in [2.05, 4.69) is 28.5 Å². The van der Waals surface area contributed by atoms with Crippen molar-refractivity contribution in [3.63, 3.8) is 0 Å². The van der Waals surface area contributed by atoms with E-state index in [4.69, 9.17) is 9.97 Å². The number of sulfonamides is 1. The van der Waals surface area contributed by atoms with Gasteiger partial charge in [-0.25, -0.2) is 23.1 Å². The van der Waals surface area contributed by atoms with Gasteiger partial charge >= 0.3 is 0 Å². The van der Waals surface area contributed by atoms with Crippen molar-refractivity contribution >= 4 is 43.7 Å². The third kappa shape index (κ3) is 5.80. The highest BCUT2D eigenvalue weighted by atomic mass is 32.2. The SMILES string of the molecule is CCCCC(=O)Nc1nc2ccccc2c2c1nc(CC)n2CCCCNS(C)(=O)=O. The van der Waals surface area contributed by atoms with Gasteiger partial charge in [-0.3, -0.25) is 4.79 Å². The highest BCUT2D eigenvalue weighted by molar-refractivity contribution is 7.88. The highest BCUT2D eigenvalue weighted by Crippen LogP contribution is 2.30. The van der Waals surface area contributed by atoms with Crippen LogP contribution in [0.25, 0.3) is 21.9 Å². The Morgan fingerprint density at radius 1 is 1.10 bits per heavy atom. The van der Waals surface area contributed by atoms with Crippen molar-refractivity contribution in [2.75, 3.05) is 18.1 Å². The zero-order valence-corrected chi connectivity index (χ0v) is 19.3. The molecule has 0 saturated heterocycles. The number of hydrogen-bond donors (Lipinski definition) is 2. The maximum atomic E-state index is 12.4. The molecular weight excluding hydrogens is 414 g/mol. The normalized spacial score (nSPS) is 12.0. The fourth-order valence-electron chi connectivity index (χ4n) is 3.66. The number of imidazole rings is 1. The predicted octanol–water partition coefficient (Wildman–Crippen LogP) is 3.61. The smallest absolute Gasteiger partial charge is 0.225 e. The van der Waals surface area contributed by atoms with Crippen LogP contribution in [0, 0.1) is 0 Å². The number of aryl methyl sites for hydroxylation is 2. The van der Waals surface area contributed by atoms with Crippen molar-refractivity contribution in [2.45, 2.75) is 58.9 Å². The topological polar surface area (TPSA) is 106 Å². The number of para-hydroxylation sites is 1. The average molecular weight is 446 g/mol. The quantitative estimate of drug-likeness (QED) is 0.439. The van der Waals surface area contributed by atoms with Gasteiger partial charge in [0.05, 0.1) is 17.3 Å². The van der Waals surface area contributed by atoms with Gasteiger partial charge in [-0.1, -0.05) is 38.5 Å². The minimum atomic E-state index is -3.18. The van der Waals surface area contributed by atoms with Crippen LogP contribution in [0.5, 0.6) is 0 Å². The van der Waals surface area contributed by atoms with Crippen LogP contribution in [0.1, 0.15) is 51.8 Å². The number of pyridine rings is 1. The first-order valence-electron chi connectivity index (χ1n) is 10.9. The number of aromatic nitrogens is 3. The van der Waals surface area contributed by atoms with E-state index in [9.17, 15) is 13.2 Å². The number of nitrogens with one attached hydrogen (secondary N) is 2. The van der Waals surface area contributed by atoms with Crippen LogP contribution in [-0.2, 0) is 27.8 Å². The molecule has 0 atom stereocenters. The fraction of sp³-hybridized carbons (Fsp3) is 0.500. The van der Waals surface area contributed by atoms with Crippen molar-refractivity contribution in [1.82, 2.24) is 19.3 Å². The molecule has 2 N–H and O–H groups in total. The first kappa shape index (κ1) is 23.1. The largest absolute Gasteiger partial charge is 0.327 e. The molecule has 2 aromatic heterocycles. The molecule has 3 aromatic rings. The van der Waals surface area contributed by atoms with Gasteiger partial charge in [-0.2, -0.15) is 0 Å². The predicted molar refractivity (Wildman–Crippen MR) is 125 cm³/mol. The second-order valence-corrected chi connectivity index (χ2v) is 9.57. The molecule has 168 valence electrons. The lowest BCUT2D eigenvalue weighted by atomic mass is 10.1.